The summed E-state index contributed by atoms with van der Waals surface area (Å²) in [5, 5.41) is 2.92. The maximum absolute atomic E-state index is 13.0. The summed E-state index contributed by atoms with van der Waals surface area (Å²) >= 11 is 0. The van der Waals surface area contributed by atoms with Crippen molar-refractivity contribution in [3.63, 3.8) is 0 Å². The number of aryl methyl sites for hydroxylation is 1. The van der Waals surface area contributed by atoms with Gasteiger partial charge in [-0.25, -0.2) is 13.2 Å². The second-order valence-electron chi connectivity index (χ2n) is 4.42. The lowest BCUT2D eigenvalue weighted by Gasteiger charge is -2.15. The van der Waals surface area contributed by atoms with E-state index in [1.165, 1.54) is 0 Å². The number of anilines is 1. The molecule has 0 bridgehead atoms. The van der Waals surface area contributed by atoms with E-state index < -0.39 is 17.5 Å². The zero-order valence-electron chi connectivity index (χ0n) is 10.4. The van der Waals surface area contributed by atoms with Gasteiger partial charge in [0.25, 0.3) is 0 Å². The van der Waals surface area contributed by atoms with E-state index in [0.717, 1.165) is 24.3 Å². The van der Waals surface area contributed by atoms with Crippen molar-refractivity contribution in [2.75, 3.05) is 5.32 Å². The SMILES string of the molecule is CC(CCc1ccco1)Nc1cc(F)c(F)c(F)c1. The van der Waals surface area contributed by atoms with Crippen LogP contribution in [-0.2, 0) is 6.42 Å². The normalized spacial score (nSPS) is 12.4. The van der Waals surface area contributed by atoms with Crippen molar-refractivity contribution in [1.82, 2.24) is 0 Å². The van der Waals surface area contributed by atoms with Gasteiger partial charge in [0.15, 0.2) is 17.5 Å². The lowest BCUT2D eigenvalue weighted by Crippen LogP contribution is -2.16. The minimum Gasteiger partial charge on any atom is -0.469 e. The molecule has 0 fully saturated rings. The van der Waals surface area contributed by atoms with Gasteiger partial charge in [0.2, 0.25) is 0 Å². The van der Waals surface area contributed by atoms with Gasteiger partial charge in [-0.3, -0.25) is 0 Å². The van der Waals surface area contributed by atoms with E-state index in [-0.39, 0.29) is 11.7 Å². The summed E-state index contributed by atoms with van der Waals surface area (Å²) in [6.45, 7) is 1.88. The summed E-state index contributed by atoms with van der Waals surface area (Å²) in [6, 6.07) is 5.54. The average molecular weight is 269 g/mol. The summed E-state index contributed by atoms with van der Waals surface area (Å²) in [4.78, 5) is 0. The van der Waals surface area contributed by atoms with Gasteiger partial charge in [-0.2, -0.15) is 0 Å². The molecular weight excluding hydrogens is 255 g/mol. The second kappa shape index (κ2) is 5.82. The zero-order chi connectivity index (χ0) is 13.8. The standard InChI is InChI=1S/C14H14F3NO/c1-9(4-5-11-3-2-6-19-11)18-10-7-12(15)14(17)13(16)8-10/h2-3,6-9,18H,4-5H2,1H3. The number of halogens is 3. The van der Waals surface area contributed by atoms with E-state index in [4.69, 9.17) is 4.42 Å². The molecule has 2 rings (SSSR count). The Bertz CT molecular complexity index is 517. The van der Waals surface area contributed by atoms with Gasteiger partial charge in [0.05, 0.1) is 6.26 Å². The van der Waals surface area contributed by atoms with Crippen molar-refractivity contribution in [1.29, 1.82) is 0 Å². The number of nitrogens with one attached hydrogen (secondary N) is 1. The predicted molar refractivity (Wildman–Crippen MR) is 66.4 cm³/mol. The largest absolute Gasteiger partial charge is 0.469 e. The monoisotopic (exact) mass is 269 g/mol. The quantitative estimate of drug-likeness (QED) is 0.826. The van der Waals surface area contributed by atoms with Crippen molar-refractivity contribution in [3.05, 3.63) is 53.7 Å². The van der Waals surface area contributed by atoms with Gasteiger partial charge in [0.1, 0.15) is 5.76 Å². The maximum atomic E-state index is 13.0. The fourth-order valence-corrected chi connectivity index (χ4v) is 1.81. The first-order chi connectivity index (χ1) is 9.06. The van der Waals surface area contributed by atoms with Crippen LogP contribution in [0.15, 0.2) is 34.9 Å². The van der Waals surface area contributed by atoms with E-state index in [1.54, 1.807) is 12.3 Å². The van der Waals surface area contributed by atoms with Gasteiger partial charge in [-0.1, -0.05) is 0 Å². The Hall–Kier alpha value is -1.91. The third-order valence-corrected chi connectivity index (χ3v) is 2.80. The molecule has 1 unspecified atom stereocenters. The van der Waals surface area contributed by atoms with Crippen LogP contribution in [0.3, 0.4) is 0 Å². The van der Waals surface area contributed by atoms with Crippen LogP contribution < -0.4 is 5.32 Å². The van der Waals surface area contributed by atoms with Gasteiger partial charge in [-0.15, -0.1) is 0 Å². The van der Waals surface area contributed by atoms with Gasteiger partial charge < -0.3 is 9.73 Å². The number of hydrogen-bond acceptors (Lipinski definition) is 2. The Morgan fingerprint density at radius 1 is 1.21 bits per heavy atom. The molecule has 0 saturated carbocycles. The van der Waals surface area contributed by atoms with Gasteiger partial charge in [-0.05, 0) is 25.5 Å². The highest BCUT2D eigenvalue weighted by Gasteiger charge is 2.12. The fourth-order valence-electron chi connectivity index (χ4n) is 1.81. The molecule has 1 heterocycles. The molecular formula is C14H14F3NO. The molecule has 1 atom stereocenters. The summed E-state index contributed by atoms with van der Waals surface area (Å²) in [5.74, 6) is -2.99. The van der Waals surface area contributed by atoms with Crippen LogP contribution in [-0.4, -0.2) is 6.04 Å². The number of furan rings is 1. The molecule has 19 heavy (non-hydrogen) atoms. The first kappa shape index (κ1) is 13.5. The molecule has 0 amide bonds. The van der Waals surface area contributed by atoms with Crippen LogP contribution in [0.5, 0.6) is 0 Å². The van der Waals surface area contributed by atoms with Crippen LogP contribution in [0.2, 0.25) is 0 Å². The van der Waals surface area contributed by atoms with Crippen LogP contribution in [0.25, 0.3) is 0 Å². The first-order valence-electron chi connectivity index (χ1n) is 5.99. The number of hydrogen-bond donors (Lipinski definition) is 1. The Morgan fingerprint density at radius 3 is 2.47 bits per heavy atom. The lowest BCUT2D eigenvalue weighted by atomic mass is 10.1. The van der Waals surface area contributed by atoms with E-state index in [0.29, 0.717) is 6.42 Å². The molecule has 1 aromatic carbocycles. The topological polar surface area (TPSA) is 25.2 Å². The molecule has 0 aliphatic rings. The highest BCUT2D eigenvalue weighted by Crippen LogP contribution is 2.19. The molecule has 0 radical (unpaired) electrons. The van der Waals surface area contributed by atoms with E-state index in [9.17, 15) is 13.2 Å². The minimum atomic E-state index is -1.45. The number of rotatable bonds is 5. The summed E-state index contributed by atoms with van der Waals surface area (Å²) in [7, 11) is 0. The van der Waals surface area contributed by atoms with Crippen LogP contribution >= 0.6 is 0 Å². The molecule has 2 aromatic rings. The summed E-state index contributed by atoms with van der Waals surface area (Å²) < 4.78 is 44.0. The molecule has 0 saturated heterocycles. The Labute approximate surface area is 109 Å². The molecule has 1 N–H and O–H groups in total. The second-order valence-corrected chi connectivity index (χ2v) is 4.42. The van der Waals surface area contributed by atoms with Crippen molar-refractivity contribution in [3.8, 4) is 0 Å². The van der Waals surface area contributed by atoms with Crippen LogP contribution in [0, 0.1) is 17.5 Å². The Kier molecular flexibility index (Phi) is 4.14. The van der Waals surface area contributed by atoms with E-state index in [2.05, 4.69) is 5.32 Å². The van der Waals surface area contributed by atoms with E-state index >= 15 is 0 Å². The van der Waals surface area contributed by atoms with Gasteiger partial charge in [0, 0.05) is 30.3 Å². The van der Waals surface area contributed by atoms with Crippen LogP contribution in [0.4, 0.5) is 18.9 Å². The van der Waals surface area contributed by atoms with Crippen molar-refractivity contribution < 1.29 is 17.6 Å². The van der Waals surface area contributed by atoms with Crippen molar-refractivity contribution >= 4 is 5.69 Å². The zero-order valence-corrected chi connectivity index (χ0v) is 10.4. The highest BCUT2D eigenvalue weighted by atomic mass is 19.2. The van der Waals surface area contributed by atoms with Gasteiger partial charge >= 0.3 is 0 Å². The molecule has 0 aliphatic heterocycles. The van der Waals surface area contributed by atoms with E-state index in [1.807, 2.05) is 13.0 Å². The molecule has 0 spiro atoms. The smallest absolute Gasteiger partial charge is 0.194 e. The molecule has 1 aromatic heterocycles. The molecule has 2 nitrogen and oxygen atoms in total. The third-order valence-electron chi connectivity index (χ3n) is 2.80. The fraction of sp³-hybridized carbons (Fsp3) is 0.286. The Morgan fingerprint density at radius 2 is 1.89 bits per heavy atom. The summed E-state index contributed by atoms with van der Waals surface area (Å²) in [5.41, 5.74) is 0.225. The minimum absolute atomic E-state index is 0.0191. The average Bonchev–Trinajstić information content (AvgIpc) is 2.86. The van der Waals surface area contributed by atoms with Crippen molar-refractivity contribution in [2.45, 2.75) is 25.8 Å². The lowest BCUT2D eigenvalue weighted by molar-refractivity contribution is 0.447. The third kappa shape index (κ3) is 3.53. The summed E-state index contributed by atoms with van der Waals surface area (Å²) in [6.07, 6.45) is 3.04. The van der Waals surface area contributed by atoms with Crippen molar-refractivity contribution in [2.24, 2.45) is 0 Å². The molecule has 5 heteroatoms. The molecule has 102 valence electrons. The maximum Gasteiger partial charge on any atom is 0.194 e. The Balaban J connectivity index is 1.93. The predicted octanol–water partition coefficient (Wildman–Crippen LogP) is 4.13. The first-order valence-corrected chi connectivity index (χ1v) is 5.99. The highest BCUT2D eigenvalue weighted by molar-refractivity contribution is 5.44. The molecule has 0 aliphatic carbocycles. The van der Waals surface area contributed by atoms with Crippen LogP contribution in [0.1, 0.15) is 19.1 Å². The number of benzene rings is 1.